The number of esters is 2. The van der Waals surface area contributed by atoms with Crippen LogP contribution in [0.15, 0.2) is 168 Å². The van der Waals surface area contributed by atoms with Crippen molar-refractivity contribution in [3.05, 3.63) is 191 Å². The van der Waals surface area contributed by atoms with Crippen molar-refractivity contribution in [3.63, 3.8) is 0 Å². The molecule has 60 heavy (non-hydrogen) atoms. The second-order valence-corrected chi connectivity index (χ2v) is 15.6. The molecule has 4 aliphatic rings. The summed E-state index contributed by atoms with van der Waals surface area (Å²) in [6.07, 6.45) is 4.87. The van der Waals surface area contributed by atoms with Crippen LogP contribution in [-0.2, 0) is 39.7 Å². The van der Waals surface area contributed by atoms with Crippen molar-refractivity contribution in [2.45, 2.75) is 63.6 Å². The zero-order chi connectivity index (χ0) is 41.4. The molecule has 5 aromatic carbocycles. The van der Waals surface area contributed by atoms with E-state index in [2.05, 4.69) is 48.5 Å². The highest BCUT2D eigenvalue weighted by atomic mass is 16.6. The average molecular weight is 805 g/mol. The molecule has 2 bridgehead atoms. The lowest BCUT2D eigenvalue weighted by Crippen LogP contribution is -2.37. The number of hydrogen-bond donors (Lipinski definition) is 0. The van der Waals surface area contributed by atoms with E-state index in [4.69, 9.17) is 28.4 Å². The van der Waals surface area contributed by atoms with Gasteiger partial charge in [0, 0.05) is 34.1 Å². The van der Waals surface area contributed by atoms with Gasteiger partial charge in [-0.1, -0.05) is 147 Å². The molecule has 0 aromatic heterocycles. The van der Waals surface area contributed by atoms with Crippen LogP contribution in [0.4, 0.5) is 0 Å². The normalized spacial score (nSPS) is 21.2. The van der Waals surface area contributed by atoms with Crippen LogP contribution in [0.1, 0.15) is 74.6 Å². The Morgan fingerprint density at radius 2 is 0.700 bits per heavy atom. The second-order valence-electron chi connectivity index (χ2n) is 15.6. The number of fused-ring (bicyclic) bond motifs is 15. The topological polar surface area (TPSA) is 89.5 Å². The Morgan fingerprint density at radius 1 is 0.400 bits per heavy atom. The maximum atomic E-state index is 14.2. The molecule has 2 unspecified atom stereocenters. The molecule has 4 heterocycles. The van der Waals surface area contributed by atoms with E-state index in [1.54, 1.807) is 24.3 Å². The van der Waals surface area contributed by atoms with Gasteiger partial charge in [0.2, 0.25) is 0 Å². The fourth-order valence-corrected chi connectivity index (χ4v) is 9.44. The summed E-state index contributed by atoms with van der Waals surface area (Å²) >= 11 is 0. The molecule has 308 valence electrons. The molecule has 0 N–H and O–H groups in total. The highest BCUT2D eigenvalue weighted by Gasteiger charge is 2.55. The standard InChI is InChI=1S/C52H52O8/c1-37-47-45(51(59-37,39-19-9-5-10-20-39)40-21-11-6-12-22-40)27-17-3-4-18-28-46-48(38(2)60-52(46,41-23-13-7-14-24-41)42-25-15-8-16-26-42)50(54)58-36-34-56-44-31-29-43(30-32-44)55-33-35-57-49(47)53/h5-16,19-26,29-32,45-46H,3-4,17-18,27-28,33-36H2,1-2H3. The summed E-state index contributed by atoms with van der Waals surface area (Å²) < 4.78 is 37.7. The molecule has 0 amide bonds. The van der Waals surface area contributed by atoms with Gasteiger partial charge in [0.15, 0.2) is 11.2 Å². The molecule has 0 aliphatic carbocycles. The average Bonchev–Trinajstić information content (AvgIpc) is 3.77. The van der Waals surface area contributed by atoms with Crippen molar-refractivity contribution in [2.75, 3.05) is 26.4 Å². The molecular weight excluding hydrogens is 753 g/mol. The fraction of sp³-hybridized carbons (Fsp3) is 0.308. The lowest BCUT2D eigenvalue weighted by Gasteiger charge is -2.37. The molecule has 5 aromatic rings. The van der Waals surface area contributed by atoms with Gasteiger partial charge in [-0.05, 0) is 51.0 Å². The number of carbonyl (C=O) groups excluding carboxylic acids is 2. The summed E-state index contributed by atoms with van der Waals surface area (Å²) in [6.45, 7) is 4.25. The Bertz CT molecular complexity index is 2040. The summed E-state index contributed by atoms with van der Waals surface area (Å²) in [6, 6.07) is 48.0. The number of ether oxygens (including phenoxy) is 6. The Morgan fingerprint density at radius 3 is 1.02 bits per heavy atom. The first-order valence-electron chi connectivity index (χ1n) is 21.1. The Balaban J connectivity index is 1.12. The van der Waals surface area contributed by atoms with Crippen molar-refractivity contribution in [2.24, 2.45) is 11.8 Å². The molecule has 0 fully saturated rings. The van der Waals surface area contributed by atoms with Crippen LogP contribution < -0.4 is 9.47 Å². The molecule has 0 saturated carbocycles. The SMILES string of the molecule is CC1=C2C(=O)OCCOc3ccc(cc3)OCCOC(=O)C3=C(C)OC(c4ccccc4)(c4ccccc4)C3CCCCCCC2C(c2ccccc2)(c2ccccc2)O1. The van der Waals surface area contributed by atoms with Gasteiger partial charge in [-0.25, -0.2) is 9.59 Å². The lowest BCUT2D eigenvalue weighted by atomic mass is 9.71. The Labute approximate surface area is 352 Å². The molecule has 4 aliphatic heterocycles. The molecule has 0 saturated heterocycles. The van der Waals surface area contributed by atoms with Crippen LogP contribution in [0.5, 0.6) is 11.5 Å². The molecule has 0 spiro atoms. The smallest absolute Gasteiger partial charge is 0.338 e. The van der Waals surface area contributed by atoms with Crippen LogP contribution in [-0.4, -0.2) is 38.4 Å². The third-order valence-corrected chi connectivity index (χ3v) is 12.0. The minimum absolute atomic E-state index is 0.0733. The maximum Gasteiger partial charge on any atom is 0.338 e. The number of carbonyl (C=O) groups is 2. The first kappa shape index (κ1) is 40.5. The quantitative estimate of drug-likeness (QED) is 0.166. The van der Waals surface area contributed by atoms with E-state index in [9.17, 15) is 9.59 Å². The molecular formula is C52H52O8. The Hall–Kier alpha value is -6.28. The second kappa shape index (κ2) is 18.3. The zero-order valence-corrected chi connectivity index (χ0v) is 34.3. The summed E-state index contributed by atoms with van der Waals surface area (Å²) in [4.78, 5) is 28.3. The fourth-order valence-electron chi connectivity index (χ4n) is 9.44. The predicted molar refractivity (Wildman–Crippen MR) is 229 cm³/mol. The highest BCUT2D eigenvalue weighted by Crippen LogP contribution is 2.55. The third kappa shape index (κ3) is 8.03. The van der Waals surface area contributed by atoms with Gasteiger partial charge in [0.1, 0.15) is 49.4 Å². The number of rotatable bonds is 4. The van der Waals surface area contributed by atoms with Crippen molar-refractivity contribution >= 4 is 11.9 Å². The van der Waals surface area contributed by atoms with Gasteiger partial charge < -0.3 is 28.4 Å². The van der Waals surface area contributed by atoms with E-state index in [0.29, 0.717) is 47.0 Å². The van der Waals surface area contributed by atoms with Crippen LogP contribution in [0.25, 0.3) is 0 Å². The zero-order valence-electron chi connectivity index (χ0n) is 34.3. The van der Waals surface area contributed by atoms with E-state index < -0.39 is 23.1 Å². The first-order chi connectivity index (χ1) is 29.4. The van der Waals surface area contributed by atoms with Crippen molar-refractivity contribution < 1.29 is 38.0 Å². The van der Waals surface area contributed by atoms with Crippen LogP contribution in [0.2, 0.25) is 0 Å². The van der Waals surface area contributed by atoms with Crippen molar-refractivity contribution in [3.8, 4) is 11.5 Å². The predicted octanol–water partition coefficient (Wildman–Crippen LogP) is 10.6. The summed E-state index contributed by atoms with van der Waals surface area (Å²) in [5.74, 6) is 0.940. The van der Waals surface area contributed by atoms with Crippen molar-refractivity contribution in [1.29, 1.82) is 0 Å². The number of benzene rings is 5. The van der Waals surface area contributed by atoms with Crippen LogP contribution >= 0.6 is 0 Å². The van der Waals surface area contributed by atoms with Gasteiger partial charge in [-0.2, -0.15) is 0 Å². The van der Waals surface area contributed by atoms with E-state index >= 15 is 0 Å². The van der Waals surface area contributed by atoms with E-state index in [1.165, 1.54) is 0 Å². The summed E-state index contributed by atoms with van der Waals surface area (Å²) in [5.41, 5.74) is 3.19. The van der Waals surface area contributed by atoms with Gasteiger partial charge in [-0.3, -0.25) is 0 Å². The van der Waals surface area contributed by atoms with E-state index in [-0.39, 0.29) is 38.3 Å². The minimum Gasteiger partial charge on any atom is -0.490 e. The number of allylic oxidation sites excluding steroid dienone is 2. The van der Waals surface area contributed by atoms with E-state index in [0.717, 1.165) is 47.9 Å². The monoisotopic (exact) mass is 804 g/mol. The highest BCUT2D eigenvalue weighted by molar-refractivity contribution is 5.91. The van der Waals surface area contributed by atoms with Crippen LogP contribution in [0.3, 0.4) is 0 Å². The molecule has 9 rings (SSSR count). The Kier molecular flexibility index (Phi) is 12.4. The molecule has 0 radical (unpaired) electrons. The molecule has 8 heteroatoms. The first-order valence-corrected chi connectivity index (χ1v) is 21.1. The third-order valence-electron chi connectivity index (χ3n) is 12.0. The largest absolute Gasteiger partial charge is 0.490 e. The maximum absolute atomic E-state index is 14.2. The van der Waals surface area contributed by atoms with Gasteiger partial charge in [-0.15, -0.1) is 0 Å². The van der Waals surface area contributed by atoms with Gasteiger partial charge >= 0.3 is 11.9 Å². The van der Waals surface area contributed by atoms with E-state index in [1.807, 2.05) is 86.6 Å². The summed E-state index contributed by atoms with van der Waals surface area (Å²) in [5, 5.41) is 0. The molecule has 2 atom stereocenters. The molecule has 8 nitrogen and oxygen atoms in total. The van der Waals surface area contributed by atoms with Gasteiger partial charge in [0.05, 0.1) is 11.1 Å². The summed E-state index contributed by atoms with van der Waals surface area (Å²) in [7, 11) is 0. The minimum atomic E-state index is -0.921. The van der Waals surface area contributed by atoms with Gasteiger partial charge in [0.25, 0.3) is 0 Å². The number of hydrogen-bond acceptors (Lipinski definition) is 8. The van der Waals surface area contributed by atoms with Crippen LogP contribution in [0, 0.1) is 11.8 Å². The van der Waals surface area contributed by atoms with Crippen molar-refractivity contribution in [1.82, 2.24) is 0 Å². The lowest BCUT2D eigenvalue weighted by molar-refractivity contribution is -0.141.